The molecule has 2 saturated heterocycles. The van der Waals surface area contributed by atoms with Crippen LogP contribution in [0.25, 0.3) is 0 Å². The zero-order valence-electron chi connectivity index (χ0n) is 26.5. The first kappa shape index (κ1) is 37.5. The van der Waals surface area contributed by atoms with E-state index in [0.717, 1.165) is 57.9 Å². The lowest BCUT2D eigenvalue weighted by Crippen LogP contribution is -2.48. The molecule has 2 aliphatic heterocycles. The molecule has 0 aromatic rings. The summed E-state index contributed by atoms with van der Waals surface area (Å²) in [5.74, 6) is -0.497. The molecule has 2 heterocycles. The molecular formula is C31H58N4O7. The van der Waals surface area contributed by atoms with Crippen LogP contribution >= 0.6 is 0 Å². The number of nitrogens with two attached hydrogens (primary N) is 1. The smallest absolute Gasteiger partial charge is 0.410 e. The minimum atomic E-state index is -0.635. The Kier molecular flexibility index (Phi) is 13.2. The molecule has 244 valence electrons. The lowest BCUT2D eigenvalue weighted by molar-refractivity contribution is -0.152. The highest BCUT2D eigenvalue weighted by Crippen LogP contribution is 2.41. The van der Waals surface area contributed by atoms with Gasteiger partial charge in [0.15, 0.2) is 0 Å². The van der Waals surface area contributed by atoms with Gasteiger partial charge in [-0.2, -0.15) is 0 Å². The van der Waals surface area contributed by atoms with E-state index in [-0.39, 0.29) is 48.4 Å². The van der Waals surface area contributed by atoms with E-state index in [9.17, 15) is 19.2 Å². The third-order valence-electron chi connectivity index (χ3n) is 8.03. The molecule has 11 nitrogen and oxygen atoms in total. The molecule has 42 heavy (non-hydrogen) atoms. The number of nitrogens with one attached hydrogen (secondary N) is 1. The lowest BCUT2D eigenvalue weighted by atomic mass is 9.70. The number of ether oxygens (including phenoxy) is 2. The van der Waals surface area contributed by atoms with E-state index in [2.05, 4.69) is 5.32 Å². The van der Waals surface area contributed by atoms with Gasteiger partial charge in [0.2, 0.25) is 5.91 Å². The zero-order chi connectivity index (χ0) is 31.2. The molecule has 2 aliphatic carbocycles. The molecule has 0 aromatic carbocycles. The van der Waals surface area contributed by atoms with E-state index in [1.165, 1.54) is 0 Å². The van der Waals surface area contributed by atoms with E-state index in [1.54, 1.807) is 16.7 Å². The lowest BCUT2D eigenvalue weighted by Gasteiger charge is -2.37. The van der Waals surface area contributed by atoms with E-state index in [4.69, 9.17) is 20.3 Å². The standard InChI is InChI=1S/C15H26N2O3.C9H18N2O2.C6H10O2.CH4/c1-14(2,3)20-13(19)17-9-6-11(10-17)16-12(18)15(4)7-5-8-15;1-9(2,3)13-8(12)11-5-4-7(10)6-11;1-6(5(7)8)3-2-4-6;/h11H,5-10H2,1-4H3,(H,16,18);7H,4-6,10H2,1-3H3;2-4H2,1H3,(H,7,8);1H4/t11-;7-;;/m00../s1. The van der Waals surface area contributed by atoms with Crippen molar-refractivity contribution in [3.05, 3.63) is 0 Å². The number of hydrogen-bond acceptors (Lipinski definition) is 7. The summed E-state index contributed by atoms with van der Waals surface area (Å²) in [7, 11) is 0. The number of carboxylic acids is 1. The SMILES string of the molecule is C.CC(C)(C)OC(=O)N1CC[C@H](N)C1.CC(C)(C)OC(=O)N1CC[C@H](NC(=O)C2(C)CCC2)C1.CC1(C(=O)O)CCC1. The molecule has 0 unspecified atom stereocenters. The summed E-state index contributed by atoms with van der Waals surface area (Å²) in [6.45, 7) is 17.5. The Balaban J connectivity index is 0.000000344. The predicted molar refractivity (Wildman–Crippen MR) is 163 cm³/mol. The monoisotopic (exact) mass is 598 g/mol. The van der Waals surface area contributed by atoms with Crippen LogP contribution < -0.4 is 11.1 Å². The fourth-order valence-corrected chi connectivity index (χ4v) is 4.86. The van der Waals surface area contributed by atoms with Crippen molar-refractivity contribution in [2.24, 2.45) is 16.6 Å². The average molecular weight is 599 g/mol. The molecule has 4 aliphatic rings. The number of hydrogen-bond donors (Lipinski definition) is 3. The van der Waals surface area contributed by atoms with Gasteiger partial charge in [0.1, 0.15) is 11.2 Å². The summed E-state index contributed by atoms with van der Waals surface area (Å²) >= 11 is 0. The third kappa shape index (κ3) is 11.6. The van der Waals surface area contributed by atoms with Crippen LogP contribution in [0, 0.1) is 10.8 Å². The maximum Gasteiger partial charge on any atom is 0.410 e. The van der Waals surface area contributed by atoms with E-state index < -0.39 is 17.2 Å². The Labute approximate surface area is 253 Å². The minimum absolute atomic E-state index is 0. The summed E-state index contributed by atoms with van der Waals surface area (Å²) in [6, 6.07) is 0.181. The summed E-state index contributed by atoms with van der Waals surface area (Å²) in [5.41, 5.74) is 4.25. The Bertz CT molecular complexity index is 933. The molecular weight excluding hydrogens is 540 g/mol. The number of nitrogens with zero attached hydrogens (tertiary/aromatic N) is 2. The quantitative estimate of drug-likeness (QED) is 0.403. The number of likely N-dealkylation sites (tertiary alicyclic amines) is 2. The predicted octanol–water partition coefficient (Wildman–Crippen LogP) is 5.15. The zero-order valence-corrected chi connectivity index (χ0v) is 26.5. The fraction of sp³-hybridized carbons (Fsp3) is 0.871. The van der Waals surface area contributed by atoms with Crippen LogP contribution in [0.5, 0.6) is 0 Å². The van der Waals surface area contributed by atoms with Crippen LogP contribution in [0.15, 0.2) is 0 Å². The summed E-state index contributed by atoms with van der Waals surface area (Å²) < 4.78 is 10.6. The third-order valence-corrected chi connectivity index (χ3v) is 8.03. The first-order valence-electron chi connectivity index (χ1n) is 15.0. The van der Waals surface area contributed by atoms with Crippen LogP contribution in [0.3, 0.4) is 0 Å². The van der Waals surface area contributed by atoms with Gasteiger partial charge < -0.3 is 35.4 Å². The molecule has 4 N–H and O–H groups in total. The second-order valence-electron chi connectivity index (χ2n) is 14.5. The van der Waals surface area contributed by atoms with Crippen molar-refractivity contribution in [3.8, 4) is 0 Å². The number of aliphatic carboxylic acids is 1. The number of carbonyl (C=O) groups excluding carboxylic acids is 3. The first-order valence-corrected chi connectivity index (χ1v) is 15.0. The van der Waals surface area contributed by atoms with Gasteiger partial charge in [-0.15, -0.1) is 0 Å². The van der Waals surface area contributed by atoms with Gasteiger partial charge in [0.25, 0.3) is 0 Å². The van der Waals surface area contributed by atoms with Crippen LogP contribution in [0.1, 0.15) is 114 Å². The van der Waals surface area contributed by atoms with Crippen molar-refractivity contribution in [3.63, 3.8) is 0 Å². The van der Waals surface area contributed by atoms with Gasteiger partial charge in [0, 0.05) is 43.7 Å². The molecule has 4 fully saturated rings. The van der Waals surface area contributed by atoms with Gasteiger partial charge in [-0.25, -0.2) is 9.59 Å². The van der Waals surface area contributed by atoms with E-state index in [1.807, 2.05) is 48.5 Å². The second-order valence-corrected chi connectivity index (χ2v) is 14.5. The van der Waals surface area contributed by atoms with Gasteiger partial charge in [-0.05, 0) is 87.0 Å². The minimum Gasteiger partial charge on any atom is -0.481 e. The molecule has 2 saturated carbocycles. The molecule has 11 heteroatoms. The van der Waals surface area contributed by atoms with Crippen LogP contribution in [-0.2, 0) is 19.1 Å². The largest absolute Gasteiger partial charge is 0.481 e. The fourth-order valence-electron chi connectivity index (χ4n) is 4.86. The number of carboxylic acid groups (broad SMARTS) is 1. The highest BCUT2D eigenvalue weighted by Gasteiger charge is 2.41. The average Bonchev–Trinajstić information content (AvgIpc) is 3.43. The Hall–Kier alpha value is -2.56. The van der Waals surface area contributed by atoms with Gasteiger partial charge in [0.05, 0.1) is 5.41 Å². The molecule has 0 radical (unpaired) electrons. The van der Waals surface area contributed by atoms with Crippen LogP contribution in [0.2, 0.25) is 0 Å². The van der Waals surface area contributed by atoms with Gasteiger partial charge >= 0.3 is 18.2 Å². The van der Waals surface area contributed by atoms with Crippen molar-refractivity contribution in [2.45, 2.75) is 137 Å². The van der Waals surface area contributed by atoms with E-state index in [0.29, 0.717) is 19.6 Å². The highest BCUT2D eigenvalue weighted by molar-refractivity contribution is 5.83. The van der Waals surface area contributed by atoms with Crippen molar-refractivity contribution in [1.29, 1.82) is 0 Å². The van der Waals surface area contributed by atoms with Crippen LogP contribution in [-0.4, -0.2) is 88.4 Å². The van der Waals surface area contributed by atoms with Gasteiger partial charge in [-0.3, -0.25) is 9.59 Å². The number of rotatable bonds is 3. The number of amides is 3. The molecule has 0 spiro atoms. The first-order chi connectivity index (χ1) is 18.7. The molecule has 0 aromatic heterocycles. The molecule has 4 rings (SSSR count). The van der Waals surface area contributed by atoms with Crippen molar-refractivity contribution < 1.29 is 33.8 Å². The van der Waals surface area contributed by atoms with Crippen LogP contribution in [0.4, 0.5) is 9.59 Å². The highest BCUT2D eigenvalue weighted by atomic mass is 16.6. The number of carbonyl (C=O) groups is 4. The summed E-state index contributed by atoms with van der Waals surface area (Å²) in [4.78, 5) is 49.2. The maximum absolute atomic E-state index is 12.2. The maximum atomic E-state index is 12.2. The second kappa shape index (κ2) is 14.8. The van der Waals surface area contributed by atoms with E-state index >= 15 is 0 Å². The summed E-state index contributed by atoms with van der Waals surface area (Å²) in [5, 5.41) is 11.6. The Morgan fingerprint density at radius 1 is 0.786 bits per heavy atom. The topological polar surface area (TPSA) is 152 Å². The normalized spacial score (nSPS) is 23.7. The molecule has 2 atom stereocenters. The summed E-state index contributed by atoms with van der Waals surface area (Å²) in [6.07, 6.45) is 7.04. The van der Waals surface area contributed by atoms with Crippen molar-refractivity contribution in [2.75, 3.05) is 26.2 Å². The Morgan fingerprint density at radius 2 is 1.21 bits per heavy atom. The van der Waals surface area contributed by atoms with Crippen molar-refractivity contribution in [1.82, 2.24) is 15.1 Å². The van der Waals surface area contributed by atoms with Crippen molar-refractivity contribution >= 4 is 24.1 Å². The van der Waals surface area contributed by atoms with Gasteiger partial charge in [-0.1, -0.05) is 27.2 Å². The molecule has 0 bridgehead atoms. The Morgan fingerprint density at radius 3 is 1.52 bits per heavy atom. The molecule has 3 amide bonds.